The lowest BCUT2D eigenvalue weighted by atomic mass is 10.2. The van der Waals surface area contributed by atoms with E-state index in [4.69, 9.17) is 4.74 Å². The van der Waals surface area contributed by atoms with Gasteiger partial charge in [0, 0.05) is 54.9 Å². The molecule has 0 radical (unpaired) electrons. The Labute approximate surface area is 174 Å². The fraction of sp³-hybridized carbons (Fsp3) is 0.250. The summed E-state index contributed by atoms with van der Waals surface area (Å²) in [5.74, 6) is 0. The first-order valence-electron chi connectivity index (χ1n) is 9.31. The molecular weight excluding hydrogens is 408 g/mol. The standard InChI is InChI=1S/C20H22N4O5S/c25-24(26)18-5-1-3-16(13-18)15-29-12-11-21-9-10-23-30(27,28)20-6-2-4-17-14-22-8-7-19(17)20/h1-8,13-14,21,23H,9-12,15H2. The molecule has 0 aliphatic carbocycles. The minimum atomic E-state index is -3.64. The molecule has 0 fully saturated rings. The van der Waals surface area contributed by atoms with E-state index in [-0.39, 0.29) is 23.7 Å². The predicted molar refractivity (Wildman–Crippen MR) is 113 cm³/mol. The molecule has 0 bridgehead atoms. The average molecular weight is 430 g/mol. The summed E-state index contributed by atoms with van der Waals surface area (Å²) in [6.07, 6.45) is 3.19. The van der Waals surface area contributed by atoms with Gasteiger partial charge in [-0.25, -0.2) is 13.1 Å². The number of nitrogens with zero attached hydrogens (tertiary/aromatic N) is 2. The summed E-state index contributed by atoms with van der Waals surface area (Å²) >= 11 is 0. The number of ether oxygens (including phenoxy) is 1. The molecule has 9 nitrogen and oxygen atoms in total. The number of hydrogen-bond acceptors (Lipinski definition) is 7. The van der Waals surface area contributed by atoms with Crippen LogP contribution in [0.5, 0.6) is 0 Å². The molecule has 2 N–H and O–H groups in total. The van der Waals surface area contributed by atoms with Crippen LogP contribution >= 0.6 is 0 Å². The highest BCUT2D eigenvalue weighted by Gasteiger charge is 2.16. The molecule has 0 saturated carbocycles. The van der Waals surface area contributed by atoms with Crippen LogP contribution < -0.4 is 10.0 Å². The third kappa shape index (κ3) is 5.80. The highest BCUT2D eigenvalue weighted by molar-refractivity contribution is 7.89. The van der Waals surface area contributed by atoms with Crippen molar-refractivity contribution in [1.82, 2.24) is 15.0 Å². The monoisotopic (exact) mass is 430 g/mol. The van der Waals surface area contributed by atoms with Crippen molar-refractivity contribution in [1.29, 1.82) is 0 Å². The molecule has 30 heavy (non-hydrogen) atoms. The van der Waals surface area contributed by atoms with Crippen LogP contribution in [0.15, 0.2) is 65.8 Å². The van der Waals surface area contributed by atoms with E-state index in [1.54, 1.807) is 42.7 Å². The van der Waals surface area contributed by atoms with Gasteiger partial charge in [-0.15, -0.1) is 0 Å². The number of pyridine rings is 1. The molecule has 1 heterocycles. The van der Waals surface area contributed by atoms with Crippen LogP contribution in [0, 0.1) is 10.1 Å². The Kier molecular flexibility index (Phi) is 7.41. The summed E-state index contributed by atoms with van der Waals surface area (Å²) in [7, 11) is -3.64. The lowest BCUT2D eigenvalue weighted by molar-refractivity contribution is -0.384. The first kappa shape index (κ1) is 21.8. The maximum Gasteiger partial charge on any atom is 0.269 e. The molecule has 0 saturated heterocycles. The number of hydrogen-bond donors (Lipinski definition) is 2. The van der Waals surface area contributed by atoms with E-state index in [0.717, 1.165) is 10.9 Å². The van der Waals surface area contributed by atoms with Gasteiger partial charge in [-0.05, 0) is 17.7 Å². The molecule has 158 valence electrons. The molecule has 10 heteroatoms. The zero-order valence-corrected chi connectivity index (χ0v) is 17.0. The van der Waals surface area contributed by atoms with Crippen LogP contribution in [0.4, 0.5) is 5.69 Å². The summed E-state index contributed by atoms with van der Waals surface area (Å²) in [4.78, 5) is 14.6. The number of fused-ring (bicyclic) bond motifs is 1. The summed E-state index contributed by atoms with van der Waals surface area (Å²) in [6.45, 7) is 1.86. The van der Waals surface area contributed by atoms with Gasteiger partial charge in [0.05, 0.1) is 23.0 Å². The summed E-state index contributed by atoms with van der Waals surface area (Å²) in [5, 5.41) is 15.2. The Morgan fingerprint density at radius 1 is 1.07 bits per heavy atom. The van der Waals surface area contributed by atoms with E-state index < -0.39 is 14.9 Å². The van der Waals surface area contributed by atoms with Crippen molar-refractivity contribution in [2.45, 2.75) is 11.5 Å². The fourth-order valence-corrected chi connectivity index (χ4v) is 4.16. The van der Waals surface area contributed by atoms with Crippen molar-refractivity contribution in [3.05, 3.63) is 76.6 Å². The Hall–Kier alpha value is -2.92. The number of benzene rings is 2. The van der Waals surface area contributed by atoms with E-state index in [0.29, 0.717) is 25.1 Å². The number of nitro groups is 1. The van der Waals surface area contributed by atoms with Crippen LogP contribution in [0.1, 0.15) is 5.56 Å². The van der Waals surface area contributed by atoms with E-state index in [1.165, 1.54) is 12.1 Å². The Morgan fingerprint density at radius 3 is 2.73 bits per heavy atom. The third-order valence-corrected chi connectivity index (χ3v) is 5.86. The van der Waals surface area contributed by atoms with Crippen molar-refractivity contribution >= 4 is 26.5 Å². The normalized spacial score (nSPS) is 11.6. The van der Waals surface area contributed by atoms with Crippen LogP contribution in [0.25, 0.3) is 10.8 Å². The van der Waals surface area contributed by atoms with Gasteiger partial charge in [-0.3, -0.25) is 15.1 Å². The predicted octanol–water partition coefficient (Wildman–Crippen LogP) is 2.23. The summed E-state index contributed by atoms with van der Waals surface area (Å²) < 4.78 is 33.2. The molecule has 0 unspecified atom stereocenters. The number of nitro benzene ring substituents is 1. The smallest absolute Gasteiger partial charge is 0.269 e. The lowest BCUT2D eigenvalue weighted by Crippen LogP contribution is -2.33. The molecule has 3 aromatic rings. The van der Waals surface area contributed by atoms with Gasteiger partial charge in [-0.1, -0.05) is 24.3 Å². The molecule has 0 spiro atoms. The van der Waals surface area contributed by atoms with Gasteiger partial charge in [0.1, 0.15) is 0 Å². The number of aromatic nitrogens is 1. The number of rotatable bonds is 11. The highest BCUT2D eigenvalue weighted by Crippen LogP contribution is 2.21. The average Bonchev–Trinajstić information content (AvgIpc) is 2.75. The second-order valence-corrected chi connectivity index (χ2v) is 8.22. The number of sulfonamides is 1. The third-order valence-electron chi connectivity index (χ3n) is 4.34. The zero-order valence-electron chi connectivity index (χ0n) is 16.2. The summed E-state index contributed by atoms with van der Waals surface area (Å²) in [6, 6.07) is 13.0. The van der Waals surface area contributed by atoms with Crippen molar-refractivity contribution in [2.75, 3.05) is 26.2 Å². The Morgan fingerprint density at radius 2 is 1.90 bits per heavy atom. The number of non-ortho nitro benzene ring substituents is 1. The Balaban J connectivity index is 1.38. The highest BCUT2D eigenvalue weighted by atomic mass is 32.2. The first-order valence-corrected chi connectivity index (χ1v) is 10.8. The minimum Gasteiger partial charge on any atom is -0.375 e. The van der Waals surface area contributed by atoms with Gasteiger partial charge in [0.2, 0.25) is 10.0 Å². The maximum atomic E-state index is 12.6. The molecule has 0 aliphatic heterocycles. The van der Waals surface area contributed by atoms with E-state index in [2.05, 4.69) is 15.0 Å². The van der Waals surface area contributed by atoms with Gasteiger partial charge >= 0.3 is 0 Å². The van der Waals surface area contributed by atoms with E-state index >= 15 is 0 Å². The lowest BCUT2D eigenvalue weighted by Gasteiger charge is -2.10. The van der Waals surface area contributed by atoms with Crippen LogP contribution in [0.3, 0.4) is 0 Å². The van der Waals surface area contributed by atoms with Crippen LogP contribution in [-0.2, 0) is 21.4 Å². The molecule has 0 aliphatic rings. The van der Waals surface area contributed by atoms with Gasteiger partial charge < -0.3 is 10.1 Å². The molecule has 0 amide bonds. The van der Waals surface area contributed by atoms with Gasteiger partial charge in [-0.2, -0.15) is 0 Å². The van der Waals surface area contributed by atoms with Crippen LogP contribution in [-0.4, -0.2) is 44.6 Å². The summed E-state index contributed by atoms with van der Waals surface area (Å²) in [5.41, 5.74) is 0.756. The molecule has 2 aromatic carbocycles. The minimum absolute atomic E-state index is 0.0315. The number of nitrogens with one attached hydrogen (secondary N) is 2. The zero-order chi connectivity index (χ0) is 21.4. The van der Waals surface area contributed by atoms with Crippen molar-refractivity contribution in [3.8, 4) is 0 Å². The first-order chi connectivity index (χ1) is 14.5. The van der Waals surface area contributed by atoms with Crippen molar-refractivity contribution in [3.63, 3.8) is 0 Å². The second-order valence-electron chi connectivity index (χ2n) is 6.48. The van der Waals surface area contributed by atoms with Crippen molar-refractivity contribution < 1.29 is 18.1 Å². The van der Waals surface area contributed by atoms with E-state index in [9.17, 15) is 18.5 Å². The second kappa shape index (κ2) is 10.2. The Bertz CT molecular complexity index is 1120. The maximum absolute atomic E-state index is 12.6. The topological polar surface area (TPSA) is 123 Å². The largest absolute Gasteiger partial charge is 0.375 e. The van der Waals surface area contributed by atoms with Gasteiger partial charge in [0.25, 0.3) is 5.69 Å². The fourth-order valence-electron chi connectivity index (χ4n) is 2.90. The van der Waals surface area contributed by atoms with Crippen LogP contribution in [0.2, 0.25) is 0 Å². The molecule has 1 aromatic heterocycles. The van der Waals surface area contributed by atoms with Crippen molar-refractivity contribution in [2.24, 2.45) is 0 Å². The molecule has 3 rings (SSSR count). The quantitative estimate of drug-likeness (QED) is 0.272. The molecule has 0 atom stereocenters. The SMILES string of the molecule is O=[N+]([O-])c1cccc(COCCNCCNS(=O)(=O)c2cccc3cnccc23)c1. The molecular formula is C20H22N4O5S. The van der Waals surface area contributed by atoms with E-state index in [1.807, 2.05) is 6.07 Å². The van der Waals surface area contributed by atoms with Gasteiger partial charge in [0.15, 0.2) is 0 Å².